The molecule has 0 spiro atoms. The van der Waals surface area contributed by atoms with Crippen LogP contribution in [0.15, 0.2) is 16.9 Å². The largest absolute Gasteiger partial charge is 0.409 e. The number of nitrogens with two attached hydrogens (primary N) is 1. The summed E-state index contributed by atoms with van der Waals surface area (Å²) >= 11 is 1.35. The molecule has 2 rings (SSSR count). The number of rotatable bonds is 3. The van der Waals surface area contributed by atoms with Crippen molar-refractivity contribution in [3.63, 3.8) is 0 Å². The number of thiazole rings is 1. The molecule has 0 saturated carbocycles. The van der Waals surface area contributed by atoms with Gasteiger partial charge in [0.15, 0.2) is 5.84 Å². The van der Waals surface area contributed by atoms with Crippen molar-refractivity contribution < 1.29 is 10.0 Å². The SMILES string of the molecule is CC(C)(C(N)=NO)N1CCN(C(=O)c2cncs2)CC1. The number of hydrogen-bond donors (Lipinski definition) is 2. The van der Waals surface area contributed by atoms with Crippen molar-refractivity contribution in [2.24, 2.45) is 10.9 Å². The van der Waals surface area contributed by atoms with Gasteiger partial charge in [0.2, 0.25) is 0 Å². The lowest BCUT2D eigenvalue weighted by atomic mass is 10.0. The molecule has 1 saturated heterocycles. The second kappa shape index (κ2) is 5.76. The summed E-state index contributed by atoms with van der Waals surface area (Å²) in [6.07, 6.45) is 1.60. The lowest BCUT2D eigenvalue weighted by Crippen LogP contribution is -2.60. The highest BCUT2D eigenvalue weighted by Gasteiger charge is 2.34. The number of carbonyl (C=O) groups excluding carboxylic acids is 1. The van der Waals surface area contributed by atoms with Crippen LogP contribution < -0.4 is 5.73 Å². The first-order valence-electron chi connectivity index (χ1n) is 6.37. The van der Waals surface area contributed by atoms with Crippen LogP contribution in [0.4, 0.5) is 0 Å². The molecule has 1 aromatic rings. The molecule has 1 aromatic heterocycles. The first-order valence-corrected chi connectivity index (χ1v) is 7.25. The third-order valence-electron chi connectivity index (χ3n) is 3.74. The zero-order chi connectivity index (χ0) is 14.8. The van der Waals surface area contributed by atoms with Crippen LogP contribution >= 0.6 is 11.3 Å². The van der Waals surface area contributed by atoms with E-state index in [1.165, 1.54) is 11.3 Å². The Bertz CT molecular complexity index is 492. The van der Waals surface area contributed by atoms with Gasteiger partial charge in [-0.3, -0.25) is 14.7 Å². The Balaban J connectivity index is 1.98. The van der Waals surface area contributed by atoms with Crippen LogP contribution in [-0.2, 0) is 0 Å². The lowest BCUT2D eigenvalue weighted by molar-refractivity contribution is 0.0535. The molecule has 1 aliphatic heterocycles. The number of amidine groups is 1. The molecule has 0 aromatic carbocycles. The molecule has 1 amide bonds. The van der Waals surface area contributed by atoms with E-state index in [1.807, 2.05) is 18.7 Å². The van der Waals surface area contributed by atoms with Crippen LogP contribution in [0.3, 0.4) is 0 Å². The summed E-state index contributed by atoms with van der Waals surface area (Å²) < 4.78 is 0. The standard InChI is InChI=1S/C12H19N5O2S/c1-12(2,11(13)15-19)17-5-3-16(4-6-17)10(18)9-7-14-8-20-9/h7-8,19H,3-6H2,1-2H3,(H2,13,15). The summed E-state index contributed by atoms with van der Waals surface area (Å²) in [5, 5.41) is 11.9. The minimum Gasteiger partial charge on any atom is -0.409 e. The van der Waals surface area contributed by atoms with E-state index in [-0.39, 0.29) is 11.7 Å². The number of nitrogens with zero attached hydrogens (tertiary/aromatic N) is 4. The molecule has 2 heterocycles. The summed E-state index contributed by atoms with van der Waals surface area (Å²) in [5.41, 5.74) is 6.86. The number of carbonyl (C=O) groups is 1. The molecule has 3 N–H and O–H groups in total. The monoisotopic (exact) mass is 297 g/mol. The van der Waals surface area contributed by atoms with Crippen LogP contribution in [0.1, 0.15) is 23.5 Å². The average Bonchev–Trinajstić information content (AvgIpc) is 2.99. The van der Waals surface area contributed by atoms with Crippen LogP contribution in [-0.4, -0.2) is 63.5 Å². The first-order chi connectivity index (χ1) is 9.46. The normalized spacial score (nSPS) is 18.3. The summed E-state index contributed by atoms with van der Waals surface area (Å²) in [6.45, 7) is 6.44. The van der Waals surface area contributed by atoms with Gasteiger partial charge in [-0.15, -0.1) is 11.3 Å². The second-order valence-corrected chi connectivity index (χ2v) is 6.08. The van der Waals surface area contributed by atoms with Crippen molar-refractivity contribution in [3.8, 4) is 0 Å². The maximum absolute atomic E-state index is 12.2. The summed E-state index contributed by atoms with van der Waals surface area (Å²) in [4.78, 5) is 20.7. The number of aromatic nitrogens is 1. The van der Waals surface area contributed by atoms with Gasteiger partial charge in [0, 0.05) is 26.2 Å². The molecular weight excluding hydrogens is 278 g/mol. The molecule has 7 nitrogen and oxygen atoms in total. The Morgan fingerprint density at radius 3 is 2.60 bits per heavy atom. The predicted octanol–water partition coefficient (Wildman–Crippen LogP) is 0.426. The lowest BCUT2D eigenvalue weighted by Gasteiger charge is -2.43. The minimum absolute atomic E-state index is 0.0220. The molecule has 0 bridgehead atoms. The maximum Gasteiger partial charge on any atom is 0.265 e. The van der Waals surface area contributed by atoms with Crippen molar-refractivity contribution in [3.05, 3.63) is 16.6 Å². The van der Waals surface area contributed by atoms with E-state index < -0.39 is 5.54 Å². The van der Waals surface area contributed by atoms with E-state index in [0.29, 0.717) is 31.1 Å². The Labute approximate surface area is 121 Å². The fourth-order valence-electron chi connectivity index (χ4n) is 2.23. The van der Waals surface area contributed by atoms with Crippen molar-refractivity contribution in [2.75, 3.05) is 26.2 Å². The van der Waals surface area contributed by atoms with E-state index in [0.717, 1.165) is 0 Å². The quantitative estimate of drug-likeness (QED) is 0.365. The van der Waals surface area contributed by atoms with Gasteiger partial charge in [-0.25, -0.2) is 0 Å². The molecule has 0 atom stereocenters. The molecule has 1 aliphatic rings. The van der Waals surface area contributed by atoms with Crippen LogP contribution in [0.2, 0.25) is 0 Å². The van der Waals surface area contributed by atoms with E-state index in [1.54, 1.807) is 11.7 Å². The zero-order valence-electron chi connectivity index (χ0n) is 11.6. The van der Waals surface area contributed by atoms with E-state index in [4.69, 9.17) is 10.9 Å². The highest BCUT2D eigenvalue weighted by molar-refractivity contribution is 7.11. The third kappa shape index (κ3) is 2.75. The van der Waals surface area contributed by atoms with Gasteiger partial charge in [-0.05, 0) is 13.8 Å². The molecule has 1 fully saturated rings. The smallest absolute Gasteiger partial charge is 0.265 e. The van der Waals surface area contributed by atoms with Gasteiger partial charge in [0.05, 0.1) is 17.2 Å². The number of piperazine rings is 1. The molecule has 20 heavy (non-hydrogen) atoms. The molecule has 0 radical (unpaired) electrons. The summed E-state index contributed by atoms with van der Waals surface area (Å²) in [6, 6.07) is 0. The topological polar surface area (TPSA) is 95.0 Å². The van der Waals surface area contributed by atoms with Gasteiger partial charge in [0.25, 0.3) is 5.91 Å². The molecule has 8 heteroatoms. The Hall–Kier alpha value is -1.67. The van der Waals surface area contributed by atoms with Gasteiger partial charge in [-0.1, -0.05) is 5.16 Å². The highest BCUT2D eigenvalue weighted by Crippen LogP contribution is 2.19. The molecular formula is C12H19N5O2S. The van der Waals surface area contributed by atoms with Crippen molar-refractivity contribution >= 4 is 23.1 Å². The number of oxime groups is 1. The van der Waals surface area contributed by atoms with Gasteiger partial charge in [-0.2, -0.15) is 0 Å². The van der Waals surface area contributed by atoms with Crippen LogP contribution in [0.5, 0.6) is 0 Å². The Morgan fingerprint density at radius 2 is 2.10 bits per heavy atom. The number of hydrogen-bond acceptors (Lipinski definition) is 6. The van der Waals surface area contributed by atoms with Crippen LogP contribution in [0.25, 0.3) is 0 Å². The average molecular weight is 297 g/mol. The van der Waals surface area contributed by atoms with E-state index in [9.17, 15) is 4.79 Å². The predicted molar refractivity (Wildman–Crippen MR) is 77.1 cm³/mol. The van der Waals surface area contributed by atoms with Crippen molar-refractivity contribution in [1.29, 1.82) is 0 Å². The Morgan fingerprint density at radius 1 is 1.45 bits per heavy atom. The number of amides is 1. The van der Waals surface area contributed by atoms with Crippen molar-refractivity contribution in [1.82, 2.24) is 14.8 Å². The fourth-order valence-corrected chi connectivity index (χ4v) is 2.82. The fraction of sp³-hybridized carbons (Fsp3) is 0.583. The Kier molecular flexibility index (Phi) is 4.24. The molecule has 0 aliphatic carbocycles. The van der Waals surface area contributed by atoms with Gasteiger partial charge < -0.3 is 15.8 Å². The second-order valence-electron chi connectivity index (χ2n) is 5.19. The summed E-state index contributed by atoms with van der Waals surface area (Å²) in [7, 11) is 0. The zero-order valence-corrected chi connectivity index (χ0v) is 12.4. The molecule has 110 valence electrons. The van der Waals surface area contributed by atoms with Gasteiger partial charge in [0.1, 0.15) is 4.88 Å². The molecule has 0 unspecified atom stereocenters. The van der Waals surface area contributed by atoms with E-state index >= 15 is 0 Å². The minimum atomic E-state index is -0.519. The third-order valence-corrected chi connectivity index (χ3v) is 4.50. The maximum atomic E-state index is 12.2. The first kappa shape index (κ1) is 14.7. The highest BCUT2D eigenvalue weighted by atomic mass is 32.1. The summed E-state index contributed by atoms with van der Waals surface area (Å²) in [5.74, 6) is 0.202. The van der Waals surface area contributed by atoms with Crippen LogP contribution in [0, 0.1) is 0 Å². The van der Waals surface area contributed by atoms with E-state index in [2.05, 4.69) is 15.0 Å². The van der Waals surface area contributed by atoms with Gasteiger partial charge >= 0.3 is 0 Å². The van der Waals surface area contributed by atoms with Crippen molar-refractivity contribution in [2.45, 2.75) is 19.4 Å².